The van der Waals surface area contributed by atoms with E-state index in [1.807, 2.05) is 31.3 Å². The molecule has 0 aliphatic carbocycles. The number of hydrogen-bond acceptors (Lipinski definition) is 3. The Morgan fingerprint density at radius 3 is 2.50 bits per heavy atom. The maximum Gasteiger partial charge on any atom is 0.220 e. The van der Waals surface area contributed by atoms with E-state index in [2.05, 4.69) is 10.6 Å². The van der Waals surface area contributed by atoms with Gasteiger partial charge < -0.3 is 15.4 Å². The van der Waals surface area contributed by atoms with E-state index in [0.717, 1.165) is 11.3 Å². The van der Waals surface area contributed by atoms with Crippen LogP contribution in [0.15, 0.2) is 42.5 Å². The Kier molecular flexibility index (Phi) is 7.22. The van der Waals surface area contributed by atoms with Crippen molar-refractivity contribution in [3.05, 3.63) is 58.1 Å². The van der Waals surface area contributed by atoms with Crippen LogP contribution in [0.3, 0.4) is 0 Å². The third-order valence-electron chi connectivity index (χ3n) is 3.47. The fourth-order valence-electron chi connectivity index (χ4n) is 2.11. The minimum absolute atomic E-state index is 0.00503. The molecule has 0 fully saturated rings. The number of anilines is 1. The average molecular weight is 367 g/mol. The summed E-state index contributed by atoms with van der Waals surface area (Å²) in [5, 5.41) is 6.83. The van der Waals surface area contributed by atoms with Gasteiger partial charge in [0.25, 0.3) is 0 Å². The molecule has 0 saturated heterocycles. The Balaban J connectivity index is 1.64. The molecule has 128 valence electrons. The molecule has 2 rings (SSSR count). The third-order valence-corrected chi connectivity index (χ3v) is 4.21. The van der Waals surface area contributed by atoms with Crippen LogP contribution < -0.4 is 15.4 Å². The van der Waals surface area contributed by atoms with Crippen molar-refractivity contribution < 1.29 is 9.53 Å². The van der Waals surface area contributed by atoms with Crippen LogP contribution in [-0.2, 0) is 11.2 Å². The molecule has 4 nitrogen and oxygen atoms in total. The van der Waals surface area contributed by atoms with Crippen LogP contribution in [-0.4, -0.2) is 26.1 Å². The Labute approximate surface area is 152 Å². The van der Waals surface area contributed by atoms with Crippen molar-refractivity contribution in [2.24, 2.45) is 0 Å². The van der Waals surface area contributed by atoms with E-state index < -0.39 is 0 Å². The van der Waals surface area contributed by atoms with Gasteiger partial charge in [-0.1, -0.05) is 35.3 Å². The Morgan fingerprint density at radius 1 is 1.08 bits per heavy atom. The van der Waals surface area contributed by atoms with Crippen LogP contribution in [0.1, 0.15) is 12.0 Å². The van der Waals surface area contributed by atoms with E-state index in [1.54, 1.807) is 18.2 Å². The normalized spacial score (nSPS) is 10.3. The van der Waals surface area contributed by atoms with Crippen molar-refractivity contribution in [1.82, 2.24) is 5.32 Å². The summed E-state index contributed by atoms with van der Waals surface area (Å²) in [5.41, 5.74) is 2.19. The van der Waals surface area contributed by atoms with Crippen molar-refractivity contribution in [2.45, 2.75) is 12.8 Å². The van der Waals surface area contributed by atoms with Gasteiger partial charge in [0, 0.05) is 25.2 Å². The SMILES string of the molecule is CNc1ccc(CCC(=O)NCCOc2ccc(Cl)c(Cl)c2)cc1. The van der Waals surface area contributed by atoms with Crippen LogP contribution in [0.4, 0.5) is 5.69 Å². The Bertz CT molecular complexity index is 675. The Hall–Kier alpha value is -1.91. The first-order valence-corrected chi connectivity index (χ1v) is 8.45. The first-order chi connectivity index (χ1) is 11.6. The minimum Gasteiger partial charge on any atom is -0.492 e. The molecule has 0 aliphatic heterocycles. The zero-order valence-corrected chi connectivity index (χ0v) is 15.0. The number of nitrogens with one attached hydrogen (secondary N) is 2. The number of hydrogen-bond donors (Lipinski definition) is 2. The monoisotopic (exact) mass is 366 g/mol. The molecule has 0 heterocycles. The summed E-state index contributed by atoms with van der Waals surface area (Å²) in [5.74, 6) is 0.633. The molecule has 0 radical (unpaired) electrons. The standard InChI is InChI=1S/C18H20Cl2N2O2/c1-21-14-5-2-13(3-6-14)4-9-18(23)22-10-11-24-15-7-8-16(19)17(20)12-15/h2-3,5-8,12,21H,4,9-11H2,1H3,(H,22,23). The van der Waals surface area contributed by atoms with Gasteiger partial charge >= 0.3 is 0 Å². The first-order valence-electron chi connectivity index (χ1n) is 7.69. The lowest BCUT2D eigenvalue weighted by atomic mass is 10.1. The lowest BCUT2D eigenvalue weighted by Gasteiger charge is -2.09. The second-order valence-corrected chi connectivity index (χ2v) is 6.04. The van der Waals surface area contributed by atoms with Crippen LogP contribution in [0.2, 0.25) is 10.0 Å². The highest BCUT2D eigenvalue weighted by Crippen LogP contribution is 2.26. The molecule has 0 aromatic heterocycles. The first kappa shape index (κ1) is 18.4. The molecular formula is C18H20Cl2N2O2. The lowest BCUT2D eigenvalue weighted by Crippen LogP contribution is -2.28. The molecular weight excluding hydrogens is 347 g/mol. The number of amides is 1. The number of aryl methyl sites for hydroxylation is 1. The zero-order valence-electron chi connectivity index (χ0n) is 13.4. The maximum atomic E-state index is 11.8. The van der Waals surface area contributed by atoms with Gasteiger partial charge in [0.15, 0.2) is 0 Å². The highest BCUT2D eigenvalue weighted by atomic mass is 35.5. The largest absolute Gasteiger partial charge is 0.492 e. The van der Waals surface area contributed by atoms with Crippen molar-refractivity contribution in [3.63, 3.8) is 0 Å². The quantitative estimate of drug-likeness (QED) is 0.689. The summed E-state index contributed by atoms with van der Waals surface area (Å²) in [6.07, 6.45) is 1.16. The zero-order chi connectivity index (χ0) is 17.4. The summed E-state index contributed by atoms with van der Waals surface area (Å²) in [4.78, 5) is 11.8. The van der Waals surface area contributed by atoms with Gasteiger partial charge in [0.05, 0.1) is 16.6 Å². The molecule has 2 aromatic rings. The average Bonchev–Trinajstić information content (AvgIpc) is 2.60. The van der Waals surface area contributed by atoms with Gasteiger partial charge in [0.2, 0.25) is 5.91 Å². The summed E-state index contributed by atoms with van der Waals surface area (Å²) in [6.45, 7) is 0.818. The fraction of sp³-hybridized carbons (Fsp3) is 0.278. The van der Waals surface area contributed by atoms with Gasteiger partial charge in [-0.3, -0.25) is 4.79 Å². The van der Waals surface area contributed by atoms with Gasteiger partial charge in [-0.25, -0.2) is 0 Å². The van der Waals surface area contributed by atoms with Gasteiger partial charge in [-0.15, -0.1) is 0 Å². The fourth-order valence-corrected chi connectivity index (χ4v) is 2.40. The van der Waals surface area contributed by atoms with E-state index in [0.29, 0.717) is 41.8 Å². The molecule has 0 atom stereocenters. The molecule has 0 bridgehead atoms. The van der Waals surface area contributed by atoms with Gasteiger partial charge in [-0.05, 0) is 36.2 Å². The number of benzene rings is 2. The maximum absolute atomic E-state index is 11.8. The number of carbonyl (C=O) groups is 1. The summed E-state index contributed by atoms with van der Waals surface area (Å²) in [6, 6.07) is 13.1. The van der Waals surface area contributed by atoms with Crippen molar-refractivity contribution in [1.29, 1.82) is 0 Å². The van der Waals surface area contributed by atoms with Crippen molar-refractivity contribution in [3.8, 4) is 5.75 Å². The molecule has 2 aromatic carbocycles. The van der Waals surface area contributed by atoms with Crippen molar-refractivity contribution in [2.75, 3.05) is 25.5 Å². The van der Waals surface area contributed by atoms with E-state index >= 15 is 0 Å². The van der Waals surface area contributed by atoms with Crippen LogP contribution in [0.25, 0.3) is 0 Å². The molecule has 24 heavy (non-hydrogen) atoms. The summed E-state index contributed by atoms with van der Waals surface area (Å²) >= 11 is 11.7. The summed E-state index contributed by atoms with van der Waals surface area (Å²) in [7, 11) is 1.88. The molecule has 1 amide bonds. The van der Waals surface area contributed by atoms with Crippen LogP contribution >= 0.6 is 23.2 Å². The molecule has 6 heteroatoms. The van der Waals surface area contributed by atoms with Crippen molar-refractivity contribution >= 4 is 34.8 Å². The lowest BCUT2D eigenvalue weighted by molar-refractivity contribution is -0.121. The molecule has 0 aliphatic rings. The van der Waals surface area contributed by atoms with Crippen LogP contribution in [0, 0.1) is 0 Å². The molecule has 0 spiro atoms. The van der Waals surface area contributed by atoms with E-state index in [1.165, 1.54) is 0 Å². The predicted octanol–water partition coefficient (Wildman–Crippen LogP) is 4.16. The van der Waals surface area contributed by atoms with E-state index in [4.69, 9.17) is 27.9 Å². The third kappa shape index (κ3) is 5.95. The van der Waals surface area contributed by atoms with E-state index in [9.17, 15) is 4.79 Å². The molecule has 0 unspecified atom stereocenters. The smallest absolute Gasteiger partial charge is 0.220 e. The van der Waals surface area contributed by atoms with Gasteiger partial charge in [-0.2, -0.15) is 0 Å². The second kappa shape index (κ2) is 9.40. The molecule has 2 N–H and O–H groups in total. The summed E-state index contributed by atoms with van der Waals surface area (Å²) < 4.78 is 5.52. The highest BCUT2D eigenvalue weighted by molar-refractivity contribution is 6.42. The number of ether oxygens (including phenoxy) is 1. The number of carbonyl (C=O) groups excluding carboxylic acids is 1. The second-order valence-electron chi connectivity index (χ2n) is 5.22. The number of halogens is 2. The number of rotatable bonds is 8. The van der Waals surface area contributed by atoms with Gasteiger partial charge in [0.1, 0.15) is 12.4 Å². The molecule has 0 saturated carbocycles. The Morgan fingerprint density at radius 2 is 1.83 bits per heavy atom. The van der Waals surface area contributed by atoms with Crippen LogP contribution in [0.5, 0.6) is 5.75 Å². The topological polar surface area (TPSA) is 50.4 Å². The van der Waals surface area contributed by atoms with E-state index in [-0.39, 0.29) is 5.91 Å². The highest BCUT2D eigenvalue weighted by Gasteiger charge is 2.03. The predicted molar refractivity (Wildman–Crippen MR) is 99.3 cm³/mol. The minimum atomic E-state index is 0.00503.